The molecule has 2 saturated heterocycles. The number of nitrogens with zero attached hydrogens (tertiary/aromatic N) is 1. The third-order valence-corrected chi connectivity index (χ3v) is 7.26. The molecule has 7 nitrogen and oxygen atoms in total. The first-order valence-corrected chi connectivity index (χ1v) is 11.3. The molecule has 2 aliphatic heterocycles. The smallest absolute Gasteiger partial charge is 0.241 e. The Morgan fingerprint density at radius 1 is 0.800 bits per heavy atom. The van der Waals surface area contributed by atoms with Gasteiger partial charge in [0.25, 0.3) is 0 Å². The Morgan fingerprint density at radius 3 is 1.97 bits per heavy atom. The predicted molar refractivity (Wildman–Crippen MR) is 125 cm³/mol. The van der Waals surface area contributed by atoms with Crippen LogP contribution in [0.25, 0.3) is 0 Å². The van der Waals surface area contributed by atoms with Crippen molar-refractivity contribution in [1.29, 1.82) is 0 Å². The van der Waals surface area contributed by atoms with Gasteiger partial charge in [-0.3, -0.25) is 19.2 Å². The number of amides is 2. The number of ether oxygens (including phenoxy) is 2. The van der Waals surface area contributed by atoms with Gasteiger partial charge >= 0.3 is 0 Å². The monoisotopic (exact) mass is 467 g/mol. The number of hydrogen-bond donors (Lipinski definition) is 0. The van der Waals surface area contributed by atoms with Crippen LogP contribution in [0.5, 0.6) is 5.75 Å². The van der Waals surface area contributed by atoms with E-state index in [1.807, 2.05) is 19.1 Å². The molecule has 0 N–H and O–H groups in total. The summed E-state index contributed by atoms with van der Waals surface area (Å²) in [5.41, 5.74) is 0.345. The lowest BCUT2D eigenvalue weighted by atomic mass is 9.77. The number of Topliss-reactive ketones (excluding diaryl/α,β-unsaturated/α-hetero) is 2. The van der Waals surface area contributed by atoms with Gasteiger partial charge in [0, 0.05) is 11.1 Å². The van der Waals surface area contributed by atoms with Gasteiger partial charge in [0.1, 0.15) is 5.75 Å². The molecule has 1 spiro atoms. The maximum Gasteiger partial charge on any atom is 0.241 e. The number of aryl methyl sites for hydroxylation is 1. The highest BCUT2D eigenvalue weighted by Crippen LogP contribution is 2.57. The molecule has 35 heavy (non-hydrogen) atoms. The molecular weight excluding hydrogens is 446 g/mol. The van der Waals surface area contributed by atoms with Crippen LogP contribution in [0.1, 0.15) is 37.9 Å². The molecule has 3 aromatic rings. The molecule has 2 amide bonds. The Hall–Kier alpha value is -4.10. The van der Waals surface area contributed by atoms with Crippen LogP contribution in [-0.4, -0.2) is 36.1 Å². The normalized spacial score (nSPS) is 24.3. The van der Waals surface area contributed by atoms with Crippen molar-refractivity contribution in [3.05, 3.63) is 95.1 Å². The molecule has 0 aromatic heterocycles. The van der Waals surface area contributed by atoms with Gasteiger partial charge in [-0.15, -0.1) is 0 Å². The highest BCUT2D eigenvalue weighted by atomic mass is 16.5. The van der Waals surface area contributed by atoms with E-state index in [0.717, 1.165) is 10.5 Å². The van der Waals surface area contributed by atoms with Gasteiger partial charge in [-0.05, 0) is 36.8 Å². The van der Waals surface area contributed by atoms with Gasteiger partial charge in [0.05, 0.1) is 30.7 Å². The van der Waals surface area contributed by atoms with Crippen LogP contribution in [0.15, 0.2) is 72.8 Å². The van der Waals surface area contributed by atoms with Crippen LogP contribution >= 0.6 is 0 Å². The second-order valence-corrected chi connectivity index (χ2v) is 9.10. The molecule has 3 aromatic carbocycles. The number of imide groups is 1. The minimum absolute atomic E-state index is 0.212. The van der Waals surface area contributed by atoms with Gasteiger partial charge in [0.2, 0.25) is 29.0 Å². The molecule has 0 bridgehead atoms. The van der Waals surface area contributed by atoms with Gasteiger partial charge in [0.15, 0.2) is 0 Å². The molecule has 2 heterocycles. The van der Waals surface area contributed by atoms with E-state index in [-0.39, 0.29) is 11.1 Å². The fourth-order valence-electron chi connectivity index (χ4n) is 5.56. The number of carbonyl (C=O) groups excluding carboxylic acids is 4. The number of methoxy groups -OCH3 is 1. The Labute approximate surface area is 201 Å². The average molecular weight is 467 g/mol. The van der Waals surface area contributed by atoms with E-state index in [1.165, 1.54) is 7.11 Å². The summed E-state index contributed by atoms with van der Waals surface area (Å²) in [4.78, 5) is 56.2. The van der Waals surface area contributed by atoms with Crippen molar-refractivity contribution in [3.8, 4) is 5.75 Å². The zero-order chi connectivity index (χ0) is 24.5. The standard InChI is InChI=1S/C28H21NO6/c1-15-7-9-16(10-8-15)23-21-22(27(33)29(26(21)32)17-11-13-18(34-2)14-12-17)28(35-23)24(30)19-5-3-4-6-20(19)25(28)31/h3-14,21-23H,1-2H3/t21-,22+,23+/m0/s1. The van der Waals surface area contributed by atoms with Crippen LogP contribution in [0.3, 0.4) is 0 Å². The first-order valence-electron chi connectivity index (χ1n) is 11.3. The molecule has 7 heteroatoms. The Balaban J connectivity index is 1.52. The first-order chi connectivity index (χ1) is 16.9. The molecule has 3 aliphatic rings. The molecule has 0 radical (unpaired) electrons. The van der Waals surface area contributed by atoms with E-state index >= 15 is 0 Å². The highest BCUT2D eigenvalue weighted by molar-refractivity contribution is 6.37. The highest BCUT2D eigenvalue weighted by Gasteiger charge is 2.74. The summed E-state index contributed by atoms with van der Waals surface area (Å²) in [5, 5.41) is 0. The van der Waals surface area contributed by atoms with Crippen molar-refractivity contribution in [2.75, 3.05) is 12.0 Å². The Kier molecular flexibility index (Phi) is 4.56. The molecule has 1 aliphatic carbocycles. The topological polar surface area (TPSA) is 90.0 Å². The van der Waals surface area contributed by atoms with Gasteiger partial charge in [-0.1, -0.05) is 54.1 Å². The Morgan fingerprint density at radius 2 is 1.40 bits per heavy atom. The van der Waals surface area contributed by atoms with Gasteiger partial charge in [-0.25, -0.2) is 4.90 Å². The van der Waals surface area contributed by atoms with Crippen LogP contribution < -0.4 is 9.64 Å². The quantitative estimate of drug-likeness (QED) is 0.431. The second kappa shape index (κ2) is 7.45. The summed E-state index contributed by atoms with van der Waals surface area (Å²) in [6.07, 6.45) is -0.928. The summed E-state index contributed by atoms with van der Waals surface area (Å²) in [6, 6.07) is 20.3. The van der Waals surface area contributed by atoms with E-state index in [1.54, 1.807) is 60.7 Å². The average Bonchev–Trinajstić information content (AvgIpc) is 3.44. The molecule has 6 rings (SSSR count). The molecule has 174 valence electrons. The number of hydrogen-bond acceptors (Lipinski definition) is 6. The number of fused-ring (bicyclic) bond motifs is 3. The third-order valence-electron chi connectivity index (χ3n) is 7.26. The van der Waals surface area contributed by atoms with Crippen molar-refractivity contribution < 1.29 is 28.7 Å². The zero-order valence-electron chi connectivity index (χ0n) is 19.1. The minimum Gasteiger partial charge on any atom is -0.497 e. The number of anilines is 1. The number of carbonyl (C=O) groups is 4. The van der Waals surface area contributed by atoms with Gasteiger partial charge in [-0.2, -0.15) is 0 Å². The lowest BCUT2D eigenvalue weighted by Crippen LogP contribution is -2.51. The van der Waals surface area contributed by atoms with Crippen molar-refractivity contribution in [2.45, 2.75) is 18.6 Å². The maximum absolute atomic E-state index is 13.9. The van der Waals surface area contributed by atoms with Crippen molar-refractivity contribution >= 4 is 29.1 Å². The van der Waals surface area contributed by atoms with Gasteiger partial charge < -0.3 is 9.47 Å². The molecule has 2 fully saturated rings. The van der Waals surface area contributed by atoms with Crippen molar-refractivity contribution in [3.63, 3.8) is 0 Å². The molecule has 3 atom stereocenters. The number of benzene rings is 3. The summed E-state index contributed by atoms with van der Waals surface area (Å²) >= 11 is 0. The number of ketones is 2. The lowest BCUT2D eigenvalue weighted by Gasteiger charge is -2.27. The summed E-state index contributed by atoms with van der Waals surface area (Å²) < 4.78 is 11.5. The summed E-state index contributed by atoms with van der Waals surface area (Å²) in [6.45, 7) is 1.93. The van der Waals surface area contributed by atoms with E-state index in [2.05, 4.69) is 0 Å². The fraction of sp³-hybridized carbons (Fsp3) is 0.214. The van der Waals surface area contributed by atoms with E-state index < -0.39 is 46.9 Å². The fourth-order valence-corrected chi connectivity index (χ4v) is 5.56. The molecular formula is C28H21NO6. The molecule has 0 saturated carbocycles. The van der Waals surface area contributed by atoms with E-state index in [9.17, 15) is 19.2 Å². The SMILES string of the molecule is COc1ccc(N2C(=O)[C@@H]3[C@@H](c4ccc(C)cc4)OC4(C(=O)c5ccccc5C4=O)[C@H]3C2=O)cc1. The van der Waals surface area contributed by atoms with E-state index in [0.29, 0.717) is 17.0 Å². The van der Waals surface area contributed by atoms with Crippen molar-refractivity contribution in [1.82, 2.24) is 0 Å². The van der Waals surface area contributed by atoms with Crippen LogP contribution in [0.4, 0.5) is 5.69 Å². The predicted octanol–water partition coefficient (Wildman–Crippen LogP) is 3.70. The maximum atomic E-state index is 13.9. The molecule has 0 unspecified atom stereocenters. The number of rotatable bonds is 3. The van der Waals surface area contributed by atoms with Crippen LogP contribution in [-0.2, 0) is 14.3 Å². The van der Waals surface area contributed by atoms with E-state index in [4.69, 9.17) is 9.47 Å². The van der Waals surface area contributed by atoms with Crippen molar-refractivity contribution in [2.24, 2.45) is 11.8 Å². The van der Waals surface area contributed by atoms with Crippen LogP contribution in [0.2, 0.25) is 0 Å². The summed E-state index contributed by atoms with van der Waals surface area (Å²) in [7, 11) is 1.52. The third kappa shape index (κ3) is 2.76. The van der Waals surface area contributed by atoms with Crippen LogP contribution in [0, 0.1) is 18.8 Å². The summed E-state index contributed by atoms with van der Waals surface area (Å²) in [5.74, 6) is -3.97. The zero-order valence-corrected chi connectivity index (χ0v) is 19.1. The lowest BCUT2D eigenvalue weighted by molar-refractivity contribution is -0.127. The first kappa shape index (κ1) is 21.4. The largest absolute Gasteiger partial charge is 0.497 e. The second-order valence-electron chi connectivity index (χ2n) is 9.10. The Bertz CT molecular complexity index is 1370. The minimum atomic E-state index is -2.07.